The summed E-state index contributed by atoms with van der Waals surface area (Å²) in [5, 5.41) is 0. The highest BCUT2D eigenvalue weighted by molar-refractivity contribution is 7.89. The summed E-state index contributed by atoms with van der Waals surface area (Å²) in [7, 11) is -3.62. The number of nitrogens with one attached hydrogen (secondary N) is 1. The van der Waals surface area contributed by atoms with Crippen molar-refractivity contribution in [3.05, 3.63) is 77.6 Å². The van der Waals surface area contributed by atoms with Crippen molar-refractivity contribution in [2.45, 2.75) is 48.4 Å². The highest BCUT2D eigenvalue weighted by Gasteiger charge is 2.48. The first-order valence-corrected chi connectivity index (χ1v) is 13.6. The Morgan fingerprint density at radius 2 is 1.68 bits per heavy atom. The zero-order chi connectivity index (χ0) is 26.0. The number of halogens is 3. The number of hydrogen-bond donors (Lipinski definition) is 1. The molecule has 3 aliphatic rings. The number of piperidine rings is 1. The number of para-hydroxylation sites is 2. The Bertz CT molecular complexity index is 1480. The third-order valence-corrected chi connectivity index (χ3v) is 8.76. The van der Waals surface area contributed by atoms with E-state index in [2.05, 4.69) is 4.72 Å². The van der Waals surface area contributed by atoms with Crippen molar-refractivity contribution in [1.82, 2.24) is 14.2 Å². The van der Waals surface area contributed by atoms with Crippen LogP contribution in [0.25, 0.3) is 5.69 Å². The number of carbonyl (C=O) groups is 1. The summed E-state index contributed by atoms with van der Waals surface area (Å²) >= 11 is 0. The predicted octanol–water partition coefficient (Wildman–Crippen LogP) is 4.71. The highest BCUT2D eigenvalue weighted by Crippen LogP contribution is 2.48. The molecule has 196 valence electrons. The van der Waals surface area contributed by atoms with Crippen LogP contribution in [-0.4, -0.2) is 42.9 Å². The number of likely N-dealkylation sites (tertiary alicyclic amines) is 1. The van der Waals surface area contributed by atoms with Gasteiger partial charge in [0.15, 0.2) is 5.60 Å². The Labute approximate surface area is 213 Å². The maximum Gasteiger partial charge on any atom is 0.431 e. The zero-order valence-electron chi connectivity index (χ0n) is 19.7. The molecule has 2 aliphatic heterocycles. The quantitative estimate of drug-likeness (QED) is 0.527. The molecule has 0 atom stereocenters. The molecule has 7 nitrogen and oxygen atoms in total. The number of carbonyl (C=O) groups excluding carboxylic acids is 1. The van der Waals surface area contributed by atoms with Gasteiger partial charge < -0.3 is 14.2 Å². The van der Waals surface area contributed by atoms with Crippen LogP contribution in [0.5, 0.6) is 5.75 Å². The molecule has 0 radical (unpaired) electrons. The van der Waals surface area contributed by atoms with E-state index in [1.54, 1.807) is 29.2 Å². The smallest absolute Gasteiger partial charge is 0.431 e. The lowest BCUT2D eigenvalue weighted by Crippen LogP contribution is -2.50. The first-order valence-electron chi connectivity index (χ1n) is 12.1. The summed E-state index contributed by atoms with van der Waals surface area (Å²) in [6.45, 7) is 0.549. The molecular weight excluding hydrogens is 507 g/mol. The lowest BCUT2D eigenvalue weighted by Gasteiger charge is -2.45. The fourth-order valence-corrected chi connectivity index (χ4v) is 6.45. The summed E-state index contributed by atoms with van der Waals surface area (Å²) in [6, 6.07) is 15.0. The number of nitrogens with zero attached hydrogens (tertiary/aromatic N) is 2. The minimum atomic E-state index is -4.53. The maximum atomic E-state index is 13.8. The number of sulfonamides is 1. The van der Waals surface area contributed by atoms with Crippen LogP contribution < -0.4 is 9.46 Å². The van der Waals surface area contributed by atoms with Crippen molar-refractivity contribution in [1.29, 1.82) is 0 Å². The SMILES string of the molecule is O=C(c1ccc(S(=O)(=O)NC2CC2)cc1)N1CCC2(CC1)Oc1ccccc1-n1c(C(F)(F)F)ccc12.[HH]. The molecule has 0 bridgehead atoms. The zero-order valence-corrected chi connectivity index (χ0v) is 20.5. The minimum Gasteiger partial charge on any atom is -0.479 e. The van der Waals surface area contributed by atoms with Crippen molar-refractivity contribution in [3.8, 4) is 11.4 Å². The van der Waals surface area contributed by atoms with Gasteiger partial charge in [0.05, 0.1) is 16.3 Å². The van der Waals surface area contributed by atoms with Crippen LogP contribution in [0.2, 0.25) is 0 Å². The van der Waals surface area contributed by atoms with Gasteiger partial charge >= 0.3 is 6.18 Å². The van der Waals surface area contributed by atoms with E-state index in [4.69, 9.17) is 4.74 Å². The van der Waals surface area contributed by atoms with E-state index < -0.39 is 27.5 Å². The highest BCUT2D eigenvalue weighted by atomic mass is 32.2. The van der Waals surface area contributed by atoms with Gasteiger partial charge in [-0.15, -0.1) is 0 Å². The van der Waals surface area contributed by atoms with Gasteiger partial charge in [0.25, 0.3) is 5.91 Å². The van der Waals surface area contributed by atoms with Crippen LogP contribution in [0.15, 0.2) is 65.6 Å². The summed E-state index contributed by atoms with van der Waals surface area (Å²) in [5.74, 6) is 0.101. The Kier molecular flexibility index (Phi) is 5.43. The number of alkyl halides is 3. The lowest BCUT2D eigenvalue weighted by molar-refractivity contribution is -0.143. The van der Waals surface area contributed by atoms with Crippen molar-refractivity contribution in [3.63, 3.8) is 0 Å². The predicted molar refractivity (Wildman–Crippen MR) is 130 cm³/mol. The van der Waals surface area contributed by atoms with E-state index in [1.807, 2.05) is 0 Å². The molecule has 2 fully saturated rings. The molecule has 1 saturated heterocycles. The van der Waals surface area contributed by atoms with Crippen molar-refractivity contribution < 1.29 is 32.5 Å². The van der Waals surface area contributed by atoms with Crippen LogP contribution in [0.1, 0.15) is 48.9 Å². The summed E-state index contributed by atoms with van der Waals surface area (Å²) < 4.78 is 76.4. The molecule has 1 N–H and O–H groups in total. The van der Waals surface area contributed by atoms with E-state index >= 15 is 0 Å². The lowest BCUT2D eigenvalue weighted by atomic mass is 9.86. The van der Waals surface area contributed by atoms with E-state index in [-0.39, 0.29) is 31.4 Å². The number of ether oxygens (including phenoxy) is 1. The fraction of sp³-hybridized carbons (Fsp3) is 0.346. The number of fused-ring (bicyclic) bond motifs is 4. The topological polar surface area (TPSA) is 80.6 Å². The maximum absolute atomic E-state index is 13.8. The summed E-state index contributed by atoms with van der Waals surface area (Å²) in [6.07, 6.45) is -2.26. The third-order valence-electron chi connectivity index (χ3n) is 7.22. The van der Waals surface area contributed by atoms with Crippen LogP contribution in [-0.2, 0) is 21.8 Å². The average Bonchev–Trinajstić information content (AvgIpc) is 3.54. The Morgan fingerprint density at radius 3 is 2.32 bits per heavy atom. The molecule has 11 heteroatoms. The van der Waals surface area contributed by atoms with Crippen LogP contribution >= 0.6 is 0 Å². The third kappa shape index (κ3) is 4.19. The van der Waals surface area contributed by atoms with Crippen molar-refractivity contribution >= 4 is 15.9 Å². The van der Waals surface area contributed by atoms with E-state index in [0.717, 1.165) is 18.9 Å². The molecular formula is C26H26F3N3O4S. The fourth-order valence-electron chi connectivity index (χ4n) is 5.14. The van der Waals surface area contributed by atoms with E-state index in [1.165, 1.54) is 34.9 Å². The summed E-state index contributed by atoms with van der Waals surface area (Å²) in [5.41, 5.74) is -0.657. The van der Waals surface area contributed by atoms with Gasteiger partial charge in [-0.3, -0.25) is 4.79 Å². The second kappa shape index (κ2) is 8.35. The molecule has 1 spiro atoms. The number of benzene rings is 2. The van der Waals surface area contributed by atoms with Crippen LogP contribution in [0, 0.1) is 0 Å². The molecule has 37 heavy (non-hydrogen) atoms. The van der Waals surface area contributed by atoms with Gasteiger partial charge in [-0.2, -0.15) is 13.2 Å². The van der Waals surface area contributed by atoms with Crippen LogP contribution in [0.3, 0.4) is 0 Å². The first kappa shape index (κ1) is 24.1. The normalized spacial score (nSPS) is 18.7. The molecule has 0 unspecified atom stereocenters. The van der Waals surface area contributed by atoms with E-state index in [9.17, 15) is 26.4 Å². The Hall–Kier alpha value is -3.31. The van der Waals surface area contributed by atoms with Gasteiger partial charge in [0.1, 0.15) is 11.4 Å². The minimum absolute atomic E-state index is 0. The number of rotatable bonds is 4. The molecule has 1 amide bonds. The molecule has 1 saturated carbocycles. The monoisotopic (exact) mass is 533 g/mol. The molecule has 1 aliphatic carbocycles. The van der Waals surface area contributed by atoms with Gasteiger partial charge in [-0.05, 0) is 61.4 Å². The molecule has 3 aromatic rings. The average molecular weight is 534 g/mol. The first-order chi connectivity index (χ1) is 17.6. The van der Waals surface area contributed by atoms with Gasteiger partial charge in [-0.25, -0.2) is 13.1 Å². The molecule has 2 aromatic carbocycles. The number of amides is 1. The van der Waals surface area contributed by atoms with Gasteiger partial charge in [-0.1, -0.05) is 12.1 Å². The van der Waals surface area contributed by atoms with E-state index in [0.29, 0.717) is 35.5 Å². The van der Waals surface area contributed by atoms with Gasteiger partial charge in [0.2, 0.25) is 10.0 Å². The van der Waals surface area contributed by atoms with Crippen molar-refractivity contribution in [2.24, 2.45) is 0 Å². The van der Waals surface area contributed by atoms with Crippen molar-refractivity contribution in [2.75, 3.05) is 13.1 Å². The molecule has 6 rings (SSSR count). The number of aromatic nitrogens is 1. The number of hydrogen-bond acceptors (Lipinski definition) is 4. The van der Waals surface area contributed by atoms with Gasteiger partial charge in [0, 0.05) is 39.0 Å². The molecule has 1 aromatic heterocycles. The standard InChI is InChI=1S/C26H24F3N3O4S.H2/c27-26(28,29)23-12-11-22-25(36-21-4-2-1-3-20(21)32(22)23)13-15-31(16-14-25)24(33)17-5-9-19(10-6-17)37(34,35)30-18-7-8-18;/h1-6,9-12,18,30H,7-8,13-16H2;1H. The molecule has 3 heterocycles. The second-order valence-corrected chi connectivity index (χ2v) is 11.4. The Morgan fingerprint density at radius 1 is 1.00 bits per heavy atom. The Balaban J connectivity index is 0.00000294. The largest absolute Gasteiger partial charge is 0.479 e. The summed E-state index contributed by atoms with van der Waals surface area (Å²) in [4.78, 5) is 14.9. The second-order valence-electron chi connectivity index (χ2n) is 9.71. The van der Waals surface area contributed by atoms with Crippen LogP contribution in [0.4, 0.5) is 13.2 Å².